The van der Waals surface area contributed by atoms with E-state index in [1.165, 1.54) is 18.4 Å². The minimum Gasteiger partial charge on any atom is -0.458 e. The second-order valence-corrected chi connectivity index (χ2v) is 4.95. The molecule has 1 aromatic rings. The van der Waals surface area contributed by atoms with E-state index < -0.39 is 0 Å². The van der Waals surface area contributed by atoms with Crippen molar-refractivity contribution in [3.63, 3.8) is 0 Å². The smallest absolute Gasteiger partial charge is 0.338 e. The molecule has 0 amide bonds. The largest absolute Gasteiger partial charge is 0.458 e. The van der Waals surface area contributed by atoms with Crippen LogP contribution in [0.25, 0.3) is 11.6 Å². The van der Waals surface area contributed by atoms with Gasteiger partial charge in [0.25, 0.3) is 0 Å². The van der Waals surface area contributed by atoms with Crippen LogP contribution in [0.1, 0.15) is 36.8 Å². The van der Waals surface area contributed by atoms with E-state index in [-0.39, 0.29) is 5.97 Å². The van der Waals surface area contributed by atoms with Gasteiger partial charge in [-0.2, -0.15) is 0 Å². The van der Waals surface area contributed by atoms with Crippen LogP contribution in [0.2, 0.25) is 0 Å². The third kappa shape index (κ3) is 3.47. The van der Waals surface area contributed by atoms with Gasteiger partial charge in [0.2, 0.25) is 0 Å². The van der Waals surface area contributed by atoms with Gasteiger partial charge in [-0.05, 0) is 42.4 Å². The van der Waals surface area contributed by atoms with Crippen LogP contribution in [0, 0.1) is 0 Å². The zero-order valence-corrected chi connectivity index (χ0v) is 11.7. The summed E-state index contributed by atoms with van der Waals surface area (Å²) in [4.78, 5) is 12.1. The van der Waals surface area contributed by atoms with Gasteiger partial charge in [-0.3, -0.25) is 0 Å². The van der Waals surface area contributed by atoms with E-state index in [2.05, 4.69) is 19.2 Å². The van der Waals surface area contributed by atoms with Crippen LogP contribution in [0.15, 0.2) is 49.1 Å². The minimum atomic E-state index is -0.356. The monoisotopic (exact) mass is 268 g/mol. The first-order valence-corrected chi connectivity index (χ1v) is 6.98. The zero-order chi connectivity index (χ0) is 14.4. The number of carbonyl (C=O) groups excluding carboxylic acids is 1. The Morgan fingerprint density at radius 2 is 2.10 bits per heavy atom. The Morgan fingerprint density at radius 1 is 1.30 bits per heavy atom. The molecule has 0 fully saturated rings. The number of allylic oxidation sites excluding steroid dienone is 1. The van der Waals surface area contributed by atoms with Crippen molar-refractivity contribution >= 4 is 17.6 Å². The van der Waals surface area contributed by atoms with Crippen LogP contribution < -0.4 is 0 Å². The maximum Gasteiger partial charge on any atom is 0.338 e. The predicted molar refractivity (Wildman–Crippen MR) is 83.1 cm³/mol. The molecule has 2 rings (SSSR count). The maximum atomic E-state index is 12.1. The molecule has 1 aromatic carbocycles. The first kappa shape index (κ1) is 14.3. The highest BCUT2D eigenvalue weighted by Gasteiger charge is 2.14. The van der Waals surface area contributed by atoms with Crippen LogP contribution in [0.4, 0.5) is 0 Å². The number of benzene rings is 1. The Labute approximate surface area is 120 Å². The van der Waals surface area contributed by atoms with E-state index in [0.29, 0.717) is 12.2 Å². The molecule has 20 heavy (non-hydrogen) atoms. The Hall–Kier alpha value is -2.09. The van der Waals surface area contributed by atoms with Crippen molar-refractivity contribution in [1.82, 2.24) is 0 Å². The molecule has 0 aromatic heterocycles. The molecule has 2 nitrogen and oxygen atoms in total. The molecule has 0 atom stereocenters. The standard InChI is InChI=1S/C18H20O2/c1-3-16-11-7-8-12-17(16)14(2)18(19)20-13-15-9-5-4-6-10-15/h3,7-9,11-12H,1-2,4-6,10,13H2. The minimum absolute atomic E-state index is 0.356. The Morgan fingerprint density at radius 3 is 2.80 bits per heavy atom. The lowest BCUT2D eigenvalue weighted by molar-refractivity contribution is -0.135. The molecular formula is C18H20O2. The maximum absolute atomic E-state index is 12.1. The average Bonchev–Trinajstić information content (AvgIpc) is 2.52. The van der Waals surface area contributed by atoms with Crippen molar-refractivity contribution in [2.45, 2.75) is 25.7 Å². The first-order chi connectivity index (χ1) is 9.72. The van der Waals surface area contributed by atoms with Gasteiger partial charge < -0.3 is 4.74 Å². The summed E-state index contributed by atoms with van der Waals surface area (Å²) in [5, 5.41) is 0. The summed E-state index contributed by atoms with van der Waals surface area (Å²) in [5.74, 6) is -0.356. The highest BCUT2D eigenvalue weighted by atomic mass is 16.5. The number of rotatable bonds is 5. The fourth-order valence-electron chi connectivity index (χ4n) is 2.34. The lowest BCUT2D eigenvalue weighted by Crippen LogP contribution is -2.10. The van der Waals surface area contributed by atoms with Crippen LogP contribution >= 0.6 is 0 Å². The highest BCUT2D eigenvalue weighted by molar-refractivity contribution is 6.16. The summed E-state index contributed by atoms with van der Waals surface area (Å²) in [6, 6.07) is 7.56. The van der Waals surface area contributed by atoms with Gasteiger partial charge >= 0.3 is 5.97 Å². The lowest BCUT2D eigenvalue weighted by Gasteiger charge is -2.14. The molecule has 0 heterocycles. The van der Waals surface area contributed by atoms with Crippen LogP contribution in [-0.4, -0.2) is 12.6 Å². The van der Waals surface area contributed by atoms with Crippen molar-refractivity contribution < 1.29 is 9.53 Å². The molecule has 0 aliphatic heterocycles. The Balaban J connectivity index is 2.00. The van der Waals surface area contributed by atoms with E-state index in [1.54, 1.807) is 6.08 Å². The third-order valence-electron chi connectivity index (χ3n) is 3.53. The van der Waals surface area contributed by atoms with Gasteiger partial charge in [-0.25, -0.2) is 4.79 Å². The van der Waals surface area contributed by atoms with Crippen molar-refractivity contribution in [3.8, 4) is 0 Å². The molecule has 0 saturated carbocycles. The van der Waals surface area contributed by atoms with Gasteiger partial charge in [0.15, 0.2) is 0 Å². The van der Waals surface area contributed by atoms with Gasteiger partial charge in [0, 0.05) is 0 Å². The summed E-state index contributed by atoms with van der Waals surface area (Å²) in [6.45, 7) is 7.99. The molecule has 0 radical (unpaired) electrons. The number of hydrogen-bond donors (Lipinski definition) is 0. The average molecular weight is 268 g/mol. The summed E-state index contributed by atoms with van der Waals surface area (Å²) < 4.78 is 5.36. The second-order valence-electron chi connectivity index (χ2n) is 4.95. The molecule has 104 valence electrons. The lowest BCUT2D eigenvalue weighted by atomic mass is 10.00. The summed E-state index contributed by atoms with van der Waals surface area (Å²) in [6.07, 6.45) is 8.44. The van der Waals surface area contributed by atoms with E-state index in [9.17, 15) is 4.79 Å². The third-order valence-corrected chi connectivity index (χ3v) is 3.53. The fourth-order valence-corrected chi connectivity index (χ4v) is 2.34. The van der Waals surface area contributed by atoms with E-state index >= 15 is 0 Å². The topological polar surface area (TPSA) is 26.3 Å². The normalized spacial score (nSPS) is 14.3. The molecule has 1 aliphatic rings. The van der Waals surface area contributed by atoms with Crippen molar-refractivity contribution in [2.24, 2.45) is 0 Å². The molecular weight excluding hydrogens is 248 g/mol. The van der Waals surface area contributed by atoms with Crippen molar-refractivity contribution in [1.29, 1.82) is 0 Å². The quantitative estimate of drug-likeness (QED) is 0.450. The highest BCUT2D eigenvalue weighted by Crippen LogP contribution is 2.21. The second kappa shape index (κ2) is 6.90. The van der Waals surface area contributed by atoms with Gasteiger partial charge in [-0.1, -0.05) is 49.6 Å². The number of carbonyl (C=O) groups is 1. The molecule has 0 bridgehead atoms. The Bertz CT molecular complexity index is 552. The molecule has 0 unspecified atom stereocenters. The van der Waals surface area contributed by atoms with Crippen LogP contribution in [-0.2, 0) is 9.53 Å². The first-order valence-electron chi connectivity index (χ1n) is 6.98. The summed E-state index contributed by atoms with van der Waals surface area (Å²) >= 11 is 0. The number of esters is 1. The zero-order valence-electron chi connectivity index (χ0n) is 11.7. The molecule has 0 spiro atoms. The predicted octanol–water partition coefficient (Wildman–Crippen LogP) is 4.39. The SMILES string of the molecule is C=Cc1ccccc1C(=C)C(=O)OCC1=CCCCC1. The van der Waals surface area contributed by atoms with E-state index in [4.69, 9.17) is 4.74 Å². The Kier molecular flexibility index (Phi) is 4.94. The van der Waals surface area contributed by atoms with Crippen molar-refractivity contribution in [2.75, 3.05) is 6.61 Å². The van der Waals surface area contributed by atoms with E-state index in [1.807, 2.05) is 24.3 Å². The van der Waals surface area contributed by atoms with Gasteiger partial charge in [0.1, 0.15) is 6.61 Å². The van der Waals surface area contributed by atoms with Gasteiger partial charge in [-0.15, -0.1) is 0 Å². The number of hydrogen-bond acceptors (Lipinski definition) is 2. The van der Waals surface area contributed by atoms with Crippen LogP contribution in [0.5, 0.6) is 0 Å². The molecule has 0 N–H and O–H groups in total. The van der Waals surface area contributed by atoms with Crippen molar-refractivity contribution in [3.05, 3.63) is 60.2 Å². The van der Waals surface area contributed by atoms with Crippen LogP contribution in [0.3, 0.4) is 0 Å². The fraction of sp³-hybridized carbons (Fsp3) is 0.278. The van der Waals surface area contributed by atoms with E-state index in [0.717, 1.165) is 24.0 Å². The number of ether oxygens (including phenoxy) is 1. The molecule has 0 saturated heterocycles. The molecule has 1 aliphatic carbocycles. The molecule has 2 heteroatoms. The van der Waals surface area contributed by atoms with Gasteiger partial charge in [0.05, 0.1) is 5.57 Å². The summed E-state index contributed by atoms with van der Waals surface area (Å²) in [5.41, 5.74) is 3.28. The summed E-state index contributed by atoms with van der Waals surface area (Å²) in [7, 11) is 0.